The topological polar surface area (TPSA) is 315 Å². The lowest BCUT2D eigenvalue weighted by molar-refractivity contribution is -0.349. The van der Waals surface area contributed by atoms with Gasteiger partial charge in [0, 0.05) is 20.3 Å². The first-order valence-electron chi connectivity index (χ1n) is 17.4. The molecule has 0 aromatic heterocycles. The largest absolute Gasteiger partial charge is 0.387 e. The minimum absolute atomic E-state index is 0.109. The molecule has 4 fully saturated rings. The highest BCUT2D eigenvalue weighted by Gasteiger charge is 2.51. The molecule has 0 aromatic carbocycles. The van der Waals surface area contributed by atoms with Crippen LogP contribution in [-0.4, -0.2) is 226 Å². The Morgan fingerprint density at radius 3 is 1.35 bits per heavy atom. The molecule has 5 unspecified atom stereocenters. The number of hydrogen-bond acceptors (Lipinski definition) is 21. The van der Waals surface area contributed by atoms with E-state index in [2.05, 4.69) is 0 Å². The van der Waals surface area contributed by atoms with E-state index in [0.717, 1.165) is 6.42 Å². The Balaban J connectivity index is 1.40. The summed E-state index contributed by atoms with van der Waals surface area (Å²) in [4.78, 5) is 0. The average Bonchev–Trinajstić information content (AvgIpc) is 3.12. The number of aliphatic hydroxyl groups is 11. The van der Waals surface area contributed by atoms with Crippen molar-refractivity contribution in [3.8, 4) is 0 Å². The molecule has 0 radical (unpaired) electrons. The van der Waals surface area contributed by atoms with Crippen molar-refractivity contribution in [3.63, 3.8) is 0 Å². The predicted molar refractivity (Wildman–Crippen MR) is 167 cm³/mol. The third-order valence-corrected chi connectivity index (χ3v) is 9.41. The number of methoxy groups -OCH3 is 1. The summed E-state index contributed by atoms with van der Waals surface area (Å²) in [6.07, 6.45) is -28.8. The quantitative estimate of drug-likeness (QED) is 0.0614. The second-order valence-corrected chi connectivity index (χ2v) is 13.2. The highest BCUT2D eigenvalue weighted by molar-refractivity contribution is 4.95. The summed E-state index contributed by atoms with van der Waals surface area (Å²) in [5.41, 5.74) is 0. The van der Waals surface area contributed by atoms with Crippen molar-refractivity contribution >= 4 is 0 Å². The Kier molecular flexibility index (Phi) is 17.2. The highest BCUT2D eigenvalue weighted by atomic mass is 16.8. The molecule has 4 aliphatic heterocycles. The van der Waals surface area contributed by atoms with Gasteiger partial charge in [-0.15, -0.1) is 0 Å². The number of hydrogen-bond donors (Lipinski definition) is 11. The molecule has 0 aliphatic carbocycles. The van der Waals surface area contributed by atoms with E-state index in [1.807, 2.05) is 6.92 Å². The van der Waals surface area contributed by atoms with Crippen LogP contribution >= 0.6 is 0 Å². The maximum Gasteiger partial charge on any atom is 0.186 e. The van der Waals surface area contributed by atoms with Crippen LogP contribution in [0.2, 0.25) is 0 Å². The van der Waals surface area contributed by atoms with Gasteiger partial charge in [-0.1, -0.05) is 13.3 Å². The van der Waals surface area contributed by atoms with E-state index in [9.17, 15) is 56.2 Å². The van der Waals surface area contributed by atoms with Gasteiger partial charge in [0.05, 0.1) is 26.4 Å². The molecule has 0 spiro atoms. The van der Waals surface area contributed by atoms with Crippen molar-refractivity contribution in [2.24, 2.45) is 0 Å². The van der Waals surface area contributed by atoms with E-state index < -0.39 is 143 Å². The third-order valence-electron chi connectivity index (χ3n) is 9.41. The third kappa shape index (κ3) is 10.3. The van der Waals surface area contributed by atoms with Crippen molar-refractivity contribution in [3.05, 3.63) is 0 Å². The molecule has 306 valence electrons. The van der Waals surface area contributed by atoms with E-state index >= 15 is 0 Å². The molecule has 4 aliphatic rings. The van der Waals surface area contributed by atoms with Crippen LogP contribution in [-0.2, 0) is 47.4 Å². The van der Waals surface area contributed by atoms with Crippen LogP contribution in [0.4, 0.5) is 0 Å². The fraction of sp³-hybridized carbons (Fsp3) is 1.00. The van der Waals surface area contributed by atoms with Crippen molar-refractivity contribution in [1.82, 2.24) is 0 Å². The van der Waals surface area contributed by atoms with Gasteiger partial charge in [0.2, 0.25) is 0 Å². The Morgan fingerprint density at radius 1 is 0.423 bits per heavy atom. The van der Waals surface area contributed by atoms with E-state index in [-0.39, 0.29) is 19.8 Å². The molecular weight excluding hydrogens is 708 g/mol. The molecular formula is C31H56O21. The summed E-state index contributed by atoms with van der Waals surface area (Å²) in [6.45, 7) is 2.22. The molecule has 0 saturated carbocycles. The van der Waals surface area contributed by atoms with Gasteiger partial charge >= 0.3 is 0 Å². The van der Waals surface area contributed by atoms with Gasteiger partial charge < -0.3 is 104 Å². The minimum Gasteiger partial charge on any atom is -0.387 e. The number of ether oxygens (including phenoxy) is 10. The van der Waals surface area contributed by atoms with Crippen molar-refractivity contribution in [2.75, 3.05) is 46.8 Å². The lowest BCUT2D eigenvalue weighted by Crippen LogP contribution is -2.63. The van der Waals surface area contributed by atoms with Crippen LogP contribution in [0.15, 0.2) is 0 Å². The normalized spacial score (nSPS) is 47.4. The highest BCUT2D eigenvalue weighted by Crippen LogP contribution is 2.30. The zero-order valence-electron chi connectivity index (χ0n) is 29.2. The molecule has 4 heterocycles. The van der Waals surface area contributed by atoms with Crippen LogP contribution in [0.3, 0.4) is 0 Å². The first-order valence-corrected chi connectivity index (χ1v) is 17.4. The maximum atomic E-state index is 11.1. The lowest BCUT2D eigenvalue weighted by atomic mass is 9.97. The Bertz CT molecular complexity index is 1030. The number of rotatable bonds is 17. The minimum atomic E-state index is -1.82. The van der Waals surface area contributed by atoms with Crippen LogP contribution in [0.5, 0.6) is 0 Å². The van der Waals surface area contributed by atoms with Crippen molar-refractivity contribution < 1.29 is 104 Å². The van der Waals surface area contributed by atoms with Crippen molar-refractivity contribution in [2.45, 2.75) is 150 Å². The molecule has 0 bridgehead atoms. The van der Waals surface area contributed by atoms with Gasteiger partial charge in [-0.05, 0) is 13.3 Å². The van der Waals surface area contributed by atoms with Crippen LogP contribution < -0.4 is 0 Å². The molecule has 21 nitrogen and oxygen atoms in total. The Hall–Kier alpha value is -0.840. The molecule has 21 heteroatoms. The lowest BCUT2D eigenvalue weighted by Gasteiger charge is -2.45. The zero-order valence-corrected chi connectivity index (χ0v) is 29.2. The van der Waals surface area contributed by atoms with Gasteiger partial charge in [0.15, 0.2) is 25.2 Å². The summed E-state index contributed by atoms with van der Waals surface area (Å²) in [7, 11) is 1.35. The Labute approximate surface area is 300 Å². The van der Waals surface area contributed by atoms with E-state index in [4.69, 9.17) is 47.4 Å². The number of aliphatic hydroxyl groups excluding tert-OH is 11. The van der Waals surface area contributed by atoms with Gasteiger partial charge in [-0.25, -0.2) is 0 Å². The van der Waals surface area contributed by atoms with Gasteiger partial charge in [0.1, 0.15) is 97.7 Å². The first-order chi connectivity index (χ1) is 24.7. The molecule has 4 rings (SSSR count). The Morgan fingerprint density at radius 2 is 0.846 bits per heavy atom. The van der Waals surface area contributed by atoms with E-state index in [1.54, 1.807) is 6.92 Å². The average molecular weight is 765 g/mol. The summed E-state index contributed by atoms with van der Waals surface area (Å²) in [6, 6.07) is 0. The van der Waals surface area contributed by atoms with Gasteiger partial charge in [-0.2, -0.15) is 0 Å². The fourth-order valence-electron chi connectivity index (χ4n) is 6.32. The summed E-state index contributed by atoms with van der Waals surface area (Å²) >= 11 is 0. The maximum absolute atomic E-state index is 11.1. The van der Waals surface area contributed by atoms with E-state index in [1.165, 1.54) is 7.11 Å². The molecule has 0 aromatic rings. The fourth-order valence-corrected chi connectivity index (χ4v) is 6.32. The smallest absolute Gasteiger partial charge is 0.186 e. The molecule has 4 saturated heterocycles. The van der Waals surface area contributed by atoms with Gasteiger partial charge in [-0.3, -0.25) is 0 Å². The standard InChI is InChI=1S/C31H56O21/c1-4-6-7-45-27-15(11-48-29-23(39)18(34)16(32)12(50-29)8-43-3)52-31(25(41)21(27)37)46-9-13-17(33)19(35)24(40)30(51-13)47-10-14-26(44-5-2)20(36)22(38)28(42)49-14/h12-42H,4-11H2,1-3H3/t12-,13-,14-,15-,16?,17?,18-,19-,20+,21+,22-,23-,24-,25-,26?,27?,28?,29+,30-,31+/m0/s1. The van der Waals surface area contributed by atoms with E-state index in [0.29, 0.717) is 6.42 Å². The molecule has 11 N–H and O–H groups in total. The summed E-state index contributed by atoms with van der Waals surface area (Å²) < 4.78 is 55.7. The monoisotopic (exact) mass is 764 g/mol. The summed E-state index contributed by atoms with van der Waals surface area (Å²) in [5.74, 6) is 0. The first kappa shape index (κ1) is 43.9. The van der Waals surface area contributed by atoms with Crippen LogP contribution in [0.25, 0.3) is 0 Å². The zero-order chi connectivity index (χ0) is 38.3. The number of unbranched alkanes of at least 4 members (excludes halogenated alkanes) is 1. The van der Waals surface area contributed by atoms with Crippen molar-refractivity contribution in [1.29, 1.82) is 0 Å². The predicted octanol–water partition coefficient (Wildman–Crippen LogP) is -6.23. The second-order valence-electron chi connectivity index (χ2n) is 13.2. The SMILES string of the molecule is CCCCOC1[C@H](CO[C@@H]2O[C@@H](COC)C(O)[C@H](O)[C@@H]2O)O[C@@H](OC[C@@H]2O[C@H](OC[C@@H]3OC(O)[C@@H](O)[C@@H](O)C3OCC)[C@@H](O)[C@@H](O)C2O)[C@@H](O)[C@H]1O. The second kappa shape index (κ2) is 20.4. The van der Waals surface area contributed by atoms with Crippen LogP contribution in [0.1, 0.15) is 26.7 Å². The van der Waals surface area contributed by atoms with Crippen LogP contribution in [0, 0.1) is 0 Å². The molecule has 20 atom stereocenters. The molecule has 0 amide bonds. The van der Waals surface area contributed by atoms with Gasteiger partial charge in [0.25, 0.3) is 0 Å². The molecule has 52 heavy (non-hydrogen) atoms. The summed E-state index contributed by atoms with van der Waals surface area (Å²) in [5, 5.41) is 115.